The van der Waals surface area contributed by atoms with Gasteiger partial charge in [0, 0.05) is 6.04 Å². The first-order chi connectivity index (χ1) is 8.46. The maximum atomic E-state index is 5.28. The average molecular weight is 249 g/mol. The highest BCUT2D eigenvalue weighted by Gasteiger charge is 2.13. The highest BCUT2D eigenvalue weighted by atomic mass is 16.5. The van der Waals surface area contributed by atoms with Crippen molar-refractivity contribution in [1.82, 2.24) is 5.32 Å². The Kier molecular flexibility index (Phi) is 5.67. The fourth-order valence-corrected chi connectivity index (χ4v) is 2.17. The van der Waals surface area contributed by atoms with Crippen molar-refractivity contribution in [3.8, 4) is 5.75 Å². The fourth-order valence-electron chi connectivity index (χ4n) is 2.17. The van der Waals surface area contributed by atoms with Gasteiger partial charge in [-0.25, -0.2) is 0 Å². The lowest BCUT2D eigenvalue weighted by Crippen LogP contribution is -2.17. The predicted octanol–water partition coefficient (Wildman–Crippen LogP) is 4.17. The van der Waals surface area contributed by atoms with E-state index in [-0.39, 0.29) is 0 Å². The van der Waals surface area contributed by atoms with Gasteiger partial charge in [0.2, 0.25) is 0 Å². The number of ether oxygens (including phenoxy) is 1. The first kappa shape index (κ1) is 15.0. The molecule has 102 valence electrons. The van der Waals surface area contributed by atoms with Crippen molar-refractivity contribution < 1.29 is 4.74 Å². The van der Waals surface area contributed by atoms with Gasteiger partial charge in [-0.05, 0) is 43.0 Å². The third-order valence-electron chi connectivity index (χ3n) is 3.26. The van der Waals surface area contributed by atoms with E-state index in [0.717, 1.165) is 5.75 Å². The Morgan fingerprint density at radius 2 is 2.00 bits per heavy atom. The highest BCUT2D eigenvalue weighted by Crippen LogP contribution is 2.27. The molecule has 0 amide bonds. The summed E-state index contributed by atoms with van der Waals surface area (Å²) < 4.78 is 5.28. The molecule has 0 aromatic heterocycles. The van der Waals surface area contributed by atoms with Crippen LogP contribution in [0.3, 0.4) is 0 Å². The van der Waals surface area contributed by atoms with Gasteiger partial charge in [0.25, 0.3) is 0 Å². The quantitative estimate of drug-likeness (QED) is 0.817. The number of nitrogens with one attached hydrogen (secondary N) is 1. The SMILES string of the molecule is CNC(CCCC(C)(C)C)c1cccc(OC)c1. The molecule has 1 aromatic carbocycles. The molecule has 1 rings (SSSR count). The van der Waals surface area contributed by atoms with Gasteiger partial charge >= 0.3 is 0 Å². The average Bonchev–Trinajstić information content (AvgIpc) is 2.33. The molecule has 0 bridgehead atoms. The molecular formula is C16H27NO. The zero-order valence-corrected chi connectivity index (χ0v) is 12.4. The molecule has 0 saturated carbocycles. The number of rotatable bonds is 6. The van der Waals surface area contributed by atoms with E-state index in [1.807, 2.05) is 13.1 Å². The molecule has 1 aromatic rings. The molecule has 1 atom stereocenters. The summed E-state index contributed by atoms with van der Waals surface area (Å²) in [4.78, 5) is 0. The van der Waals surface area contributed by atoms with Crippen LogP contribution in [-0.4, -0.2) is 14.2 Å². The minimum absolute atomic E-state index is 0.419. The lowest BCUT2D eigenvalue weighted by molar-refractivity contribution is 0.346. The van der Waals surface area contributed by atoms with Crippen molar-refractivity contribution in [2.45, 2.75) is 46.1 Å². The van der Waals surface area contributed by atoms with E-state index in [2.05, 4.69) is 44.3 Å². The Balaban J connectivity index is 2.59. The molecule has 0 aliphatic rings. The zero-order chi connectivity index (χ0) is 13.6. The highest BCUT2D eigenvalue weighted by molar-refractivity contribution is 5.30. The summed E-state index contributed by atoms with van der Waals surface area (Å²) in [5.74, 6) is 0.934. The molecule has 0 spiro atoms. The van der Waals surface area contributed by atoms with E-state index in [4.69, 9.17) is 4.74 Å². The van der Waals surface area contributed by atoms with Crippen molar-refractivity contribution in [2.75, 3.05) is 14.2 Å². The van der Waals surface area contributed by atoms with Gasteiger partial charge in [-0.15, -0.1) is 0 Å². The molecule has 2 nitrogen and oxygen atoms in total. The normalized spacial score (nSPS) is 13.4. The van der Waals surface area contributed by atoms with Crippen LogP contribution < -0.4 is 10.1 Å². The molecule has 1 N–H and O–H groups in total. The summed E-state index contributed by atoms with van der Waals surface area (Å²) in [7, 11) is 3.74. The van der Waals surface area contributed by atoms with E-state index in [0.29, 0.717) is 11.5 Å². The molecule has 0 radical (unpaired) electrons. The fraction of sp³-hybridized carbons (Fsp3) is 0.625. The lowest BCUT2D eigenvalue weighted by Gasteiger charge is -2.21. The molecular weight excluding hydrogens is 222 g/mol. The summed E-state index contributed by atoms with van der Waals surface area (Å²) in [6.07, 6.45) is 3.67. The zero-order valence-electron chi connectivity index (χ0n) is 12.4. The topological polar surface area (TPSA) is 21.3 Å². The number of hydrogen-bond donors (Lipinski definition) is 1. The summed E-state index contributed by atoms with van der Waals surface area (Å²) in [6.45, 7) is 6.90. The molecule has 2 heteroatoms. The van der Waals surface area contributed by atoms with Gasteiger partial charge in [-0.1, -0.05) is 39.3 Å². The van der Waals surface area contributed by atoms with E-state index in [1.54, 1.807) is 7.11 Å². The maximum Gasteiger partial charge on any atom is 0.119 e. The summed E-state index contributed by atoms with van der Waals surface area (Å²) in [5, 5.41) is 3.40. The first-order valence-electron chi connectivity index (χ1n) is 6.77. The number of hydrogen-bond acceptors (Lipinski definition) is 2. The second-order valence-corrected chi connectivity index (χ2v) is 6.07. The van der Waals surface area contributed by atoms with E-state index < -0.39 is 0 Å². The van der Waals surface area contributed by atoms with Crippen molar-refractivity contribution in [3.05, 3.63) is 29.8 Å². The first-order valence-corrected chi connectivity index (χ1v) is 6.77. The van der Waals surface area contributed by atoms with Gasteiger partial charge in [0.15, 0.2) is 0 Å². The summed E-state index contributed by atoms with van der Waals surface area (Å²) >= 11 is 0. The van der Waals surface area contributed by atoms with Crippen LogP contribution in [0.25, 0.3) is 0 Å². The van der Waals surface area contributed by atoms with Crippen LogP contribution in [-0.2, 0) is 0 Å². The Bertz CT molecular complexity index is 354. The number of methoxy groups -OCH3 is 1. The van der Waals surface area contributed by atoms with Crippen LogP contribution in [0.2, 0.25) is 0 Å². The van der Waals surface area contributed by atoms with Gasteiger partial charge in [0.1, 0.15) is 5.75 Å². The molecule has 18 heavy (non-hydrogen) atoms. The second-order valence-electron chi connectivity index (χ2n) is 6.07. The van der Waals surface area contributed by atoms with Crippen LogP contribution in [0.1, 0.15) is 51.6 Å². The third-order valence-corrected chi connectivity index (χ3v) is 3.26. The maximum absolute atomic E-state index is 5.28. The van der Waals surface area contributed by atoms with Crippen molar-refractivity contribution >= 4 is 0 Å². The van der Waals surface area contributed by atoms with Crippen LogP contribution in [0.5, 0.6) is 5.75 Å². The van der Waals surface area contributed by atoms with Gasteiger partial charge in [-0.2, -0.15) is 0 Å². The third kappa shape index (κ3) is 5.09. The molecule has 0 saturated heterocycles. The van der Waals surface area contributed by atoms with Gasteiger partial charge < -0.3 is 10.1 Å². The van der Waals surface area contributed by atoms with Gasteiger partial charge in [0.05, 0.1) is 7.11 Å². The minimum Gasteiger partial charge on any atom is -0.497 e. The molecule has 0 aliphatic heterocycles. The van der Waals surface area contributed by atoms with Crippen LogP contribution in [0, 0.1) is 5.41 Å². The van der Waals surface area contributed by atoms with E-state index in [9.17, 15) is 0 Å². The van der Waals surface area contributed by atoms with E-state index in [1.165, 1.54) is 24.8 Å². The Labute approximate surface area is 112 Å². The van der Waals surface area contributed by atoms with E-state index >= 15 is 0 Å². The molecule has 1 unspecified atom stereocenters. The summed E-state index contributed by atoms with van der Waals surface area (Å²) in [5.41, 5.74) is 1.73. The largest absolute Gasteiger partial charge is 0.497 e. The molecule has 0 fully saturated rings. The summed E-state index contributed by atoms with van der Waals surface area (Å²) in [6, 6.07) is 8.76. The lowest BCUT2D eigenvalue weighted by atomic mass is 9.88. The van der Waals surface area contributed by atoms with Crippen molar-refractivity contribution in [1.29, 1.82) is 0 Å². The molecule has 0 heterocycles. The van der Waals surface area contributed by atoms with Crippen molar-refractivity contribution in [2.24, 2.45) is 5.41 Å². The standard InChI is InChI=1S/C16H27NO/c1-16(2,3)11-7-10-15(17-4)13-8-6-9-14(12-13)18-5/h6,8-9,12,15,17H,7,10-11H2,1-5H3. The smallest absolute Gasteiger partial charge is 0.119 e. The van der Waals surface area contributed by atoms with Crippen LogP contribution in [0.4, 0.5) is 0 Å². The van der Waals surface area contributed by atoms with Gasteiger partial charge in [-0.3, -0.25) is 0 Å². The minimum atomic E-state index is 0.419. The Morgan fingerprint density at radius 3 is 2.56 bits per heavy atom. The van der Waals surface area contributed by atoms with Crippen LogP contribution >= 0.6 is 0 Å². The predicted molar refractivity (Wildman–Crippen MR) is 78.1 cm³/mol. The Morgan fingerprint density at radius 1 is 1.28 bits per heavy atom. The second kappa shape index (κ2) is 6.79. The monoisotopic (exact) mass is 249 g/mol. The van der Waals surface area contributed by atoms with Crippen LogP contribution in [0.15, 0.2) is 24.3 Å². The Hall–Kier alpha value is -1.02. The van der Waals surface area contributed by atoms with Crippen molar-refractivity contribution in [3.63, 3.8) is 0 Å². The number of benzene rings is 1. The molecule has 0 aliphatic carbocycles.